The summed E-state index contributed by atoms with van der Waals surface area (Å²) >= 11 is 0. The molecule has 5 rings (SSSR count). The standard InChI is InChI=1S/C25H17F2NO6/c26-15-4-7-18(17(27)12-15)28-22(13-1-5-16(29)6-2-13)21(24(31)25(28)32)23(30)14-3-8-19-20(11-14)34-10-9-33-19/h1-8,11-12,22,29-30H,9-10H2/b23-21-. The van der Waals surface area contributed by atoms with Crippen LogP contribution in [0.2, 0.25) is 0 Å². The van der Waals surface area contributed by atoms with Crippen molar-refractivity contribution < 1.29 is 38.1 Å². The minimum atomic E-state index is -1.24. The number of hydrogen-bond acceptors (Lipinski definition) is 6. The summed E-state index contributed by atoms with van der Waals surface area (Å²) in [6.07, 6.45) is 0. The van der Waals surface area contributed by atoms with E-state index in [4.69, 9.17) is 9.47 Å². The number of carbonyl (C=O) groups is 2. The van der Waals surface area contributed by atoms with E-state index < -0.39 is 35.1 Å². The van der Waals surface area contributed by atoms with Gasteiger partial charge in [0.15, 0.2) is 11.5 Å². The summed E-state index contributed by atoms with van der Waals surface area (Å²) in [5.41, 5.74) is -0.121. The first-order valence-corrected chi connectivity index (χ1v) is 10.3. The van der Waals surface area contributed by atoms with Crippen molar-refractivity contribution in [3.63, 3.8) is 0 Å². The predicted molar refractivity (Wildman–Crippen MR) is 117 cm³/mol. The molecule has 0 saturated carbocycles. The second-order valence-corrected chi connectivity index (χ2v) is 7.71. The number of hydrogen-bond donors (Lipinski definition) is 2. The number of aromatic hydroxyl groups is 1. The van der Waals surface area contributed by atoms with E-state index in [0.717, 1.165) is 17.0 Å². The molecule has 0 radical (unpaired) electrons. The third-order valence-electron chi connectivity index (χ3n) is 5.64. The molecule has 34 heavy (non-hydrogen) atoms. The molecule has 1 saturated heterocycles. The number of halogens is 2. The molecule has 172 valence electrons. The number of fused-ring (bicyclic) bond motifs is 1. The summed E-state index contributed by atoms with van der Waals surface area (Å²) in [4.78, 5) is 27.0. The summed E-state index contributed by atoms with van der Waals surface area (Å²) in [5, 5.41) is 20.8. The van der Waals surface area contributed by atoms with Gasteiger partial charge in [-0.1, -0.05) is 12.1 Å². The van der Waals surface area contributed by atoms with Crippen LogP contribution < -0.4 is 14.4 Å². The Labute approximate surface area is 192 Å². The summed E-state index contributed by atoms with van der Waals surface area (Å²) in [6, 6.07) is 11.5. The van der Waals surface area contributed by atoms with Crippen molar-refractivity contribution in [1.29, 1.82) is 0 Å². The van der Waals surface area contributed by atoms with E-state index in [0.29, 0.717) is 36.3 Å². The summed E-state index contributed by atoms with van der Waals surface area (Å²) in [6.45, 7) is 0.673. The highest BCUT2D eigenvalue weighted by Gasteiger charge is 2.47. The maximum absolute atomic E-state index is 14.7. The van der Waals surface area contributed by atoms with Crippen molar-refractivity contribution in [1.82, 2.24) is 0 Å². The molecule has 2 aliphatic heterocycles. The number of anilines is 1. The highest BCUT2D eigenvalue weighted by Crippen LogP contribution is 2.44. The topological polar surface area (TPSA) is 96.3 Å². The quantitative estimate of drug-likeness (QED) is 0.344. The molecule has 0 bridgehead atoms. The van der Waals surface area contributed by atoms with Crippen molar-refractivity contribution in [2.24, 2.45) is 0 Å². The highest BCUT2D eigenvalue weighted by atomic mass is 19.1. The van der Waals surface area contributed by atoms with Crippen LogP contribution >= 0.6 is 0 Å². The number of nitrogens with zero attached hydrogens (tertiary/aromatic N) is 1. The number of phenols is 1. The van der Waals surface area contributed by atoms with Crippen LogP contribution in [0.4, 0.5) is 14.5 Å². The zero-order valence-electron chi connectivity index (χ0n) is 17.5. The molecular weight excluding hydrogens is 448 g/mol. The first kappa shape index (κ1) is 21.4. The van der Waals surface area contributed by atoms with Gasteiger partial charge in [0, 0.05) is 11.6 Å². The average molecular weight is 465 g/mol. The van der Waals surface area contributed by atoms with Gasteiger partial charge < -0.3 is 19.7 Å². The Balaban J connectivity index is 1.71. The summed E-state index contributed by atoms with van der Waals surface area (Å²) in [5.74, 6) is -3.79. The van der Waals surface area contributed by atoms with Gasteiger partial charge in [0.25, 0.3) is 11.7 Å². The average Bonchev–Trinajstić information content (AvgIpc) is 3.09. The number of benzene rings is 3. The van der Waals surface area contributed by atoms with Crippen LogP contribution in [-0.4, -0.2) is 35.1 Å². The molecule has 1 amide bonds. The van der Waals surface area contributed by atoms with Crippen LogP contribution in [0.1, 0.15) is 17.2 Å². The van der Waals surface area contributed by atoms with Crippen LogP contribution in [0.3, 0.4) is 0 Å². The van der Waals surface area contributed by atoms with Crippen molar-refractivity contribution in [3.8, 4) is 17.2 Å². The number of carbonyl (C=O) groups excluding carboxylic acids is 2. The maximum Gasteiger partial charge on any atom is 0.300 e. The molecule has 2 aliphatic rings. The monoisotopic (exact) mass is 465 g/mol. The lowest BCUT2D eigenvalue weighted by molar-refractivity contribution is -0.132. The lowest BCUT2D eigenvalue weighted by atomic mass is 9.95. The third-order valence-corrected chi connectivity index (χ3v) is 5.64. The van der Waals surface area contributed by atoms with Crippen LogP contribution in [0.15, 0.2) is 66.2 Å². The molecule has 0 aliphatic carbocycles. The van der Waals surface area contributed by atoms with Crippen molar-refractivity contribution in [2.75, 3.05) is 18.1 Å². The van der Waals surface area contributed by atoms with E-state index in [2.05, 4.69) is 0 Å². The fraction of sp³-hybridized carbons (Fsp3) is 0.120. The zero-order chi connectivity index (χ0) is 24.0. The van der Waals surface area contributed by atoms with Crippen molar-refractivity contribution >= 4 is 23.1 Å². The highest BCUT2D eigenvalue weighted by molar-refractivity contribution is 6.51. The first-order chi connectivity index (χ1) is 16.3. The molecule has 1 atom stereocenters. The molecule has 0 aromatic heterocycles. The summed E-state index contributed by atoms with van der Waals surface area (Å²) in [7, 11) is 0. The molecule has 3 aromatic carbocycles. The fourth-order valence-corrected chi connectivity index (χ4v) is 4.08. The van der Waals surface area contributed by atoms with E-state index in [9.17, 15) is 28.6 Å². The van der Waals surface area contributed by atoms with Gasteiger partial charge in [-0.05, 0) is 48.0 Å². The normalized spacial score (nSPS) is 18.9. The number of aliphatic hydroxyl groups is 1. The Hall–Kier alpha value is -4.40. The SMILES string of the molecule is O=C1C(=O)N(c2ccc(F)cc2F)C(c2ccc(O)cc2)/C1=C(/O)c1ccc2c(c1)OCCO2. The van der Waals surface area contributed by atoms with Gasteiger partial charge >= 0.3 is 0 Å². The first-order valence-electron chi connectivity index (χ1n) is 10.3. The minimum Gasteiger partial charge on any atom is -0.508 e. The molecule has 0 spiro atoms. The molecule has 1 unspecified atom stereocenters. The van der Waals surface area contributed by atoms with Gasteiger partial charge in [0.1, 0.15) is 36.4 Å². The van der Waals surface area contributed by atoms with Crippen molar-refractivity contribution in [3.05, 3.63) is 89.0 Å². The number of amides is 1. The van der Waals surface area contributed by atoms with Crippen molar-refractivity contribution in [2.45, 2.75) is 6.04 Å². The van der Waals surface area contributed by atoms with Crippen LogP contribution in [-0.2, 0) is 9.59 Å². The second kappa shape index (κ2) is 8.18. The number of phenolic OH excluding ortho intramolecular Hbond substituents is 1. The van der Waals surface area contributed by atoms with Gasteiger partial charge in [-0.2, -0.15) is 0 Å². The lowest BCUT2D eigenvalue weighted by Crippen LogP contribution is -2.30. The van der Waals surface area contributed by atoms with Crippen LogP contribution in [0, 0.1) is 11.6 Å². The van der Waals surface area contributed by atoms with E-state index in [-0.39, 0.29) is 22.6 Å². The number of ether oxygens (including phenoxy) is 2. The number of rotatable bonds is 3. The Morgan fingerprint density at radius 3 is 2.32 bits per heavy atom. The van der Waals surface area contributed by atoms with E-state index in [1.165, 1.54) is 36.4 Å². The molecule has 9 heteroatoms. The molecule has 7 nitrogen and oxygen atoms in total. The molecule has 1 fully saturated rings. The van der Waals surface area contributed by atoms with Gasteiger partial charge in [0.2, 0.25) is 0 Å². The molecule has 2 N–H and O–H groups in total. The number of aliphatic hydroxyl groups excluding tert-OH is 1. The second-order valence-electron chi connectivity index (χ2n) is 7.71. The number of Topliss-reactive ketones (excluding diaryl/α,β-unsaturated/α-hetero) is 1. The largest absolute Gasteiger partial charge is 0.508 e. The van der Waals surface area contributed by atoms with Gasteiger partial charge in [-0.25, -0.2) is 8.78 Å². The Morgan fingerprint density at radius 2 is 1.62 bits per heavy atom. The van der Waals surface area contributed by atoms with E-state index in [1.54, 1.807) is 6.07 Å². The Kier molecular flexibility index (Phi) is 5.16. The smallest absolute Gasteiger partial charge is 0.300 e. The van der Waals surface area contributed by atoms with Crippen LogP contribution in [0.25, 0.3) is 5.76 Å². The minimum absolute atomic E-state index is 0.0690. The third kappa shape index (κ3) is 3.51. The van der Waals surface area contributed by atoms with Crippen LogP contribution in [0.5, 0.6) is 17.2 Å². The fourth-order valence-electron chi connectivity index (χ4n) is 4.08. The number of ketones is 1. The zero-order valence-corrected chi connectivity index (χ0v) is 17.5. The lowest BCUT2D eigenvalue weighted by Gasteiger charge is -2.26. The van der Waals surface area contributed by atoms with E-state index in [1.807, 2.05) is 0 Å². The predicted octanol–water partition coefficient (Wildman–Crippen LogP) is 4.07. The molecule has 3 aromatic rings. The Bertz CT molecular complexity index is 1350. The Morgan fingerprint density at radius 1 is 0.912 bits per heavy atom. The molecule has 2 heterocycles. The van der Waals surface area contributed by atoms with E-state index >= 15 is 0 Å². The molecular formula is C25H17F2NO6. The van der Waals surface area contributed by atoms with Gasteiger partial charge in [-0.15, -0.1) is 0 Å². The maximum atomic E-state index is 14.7. The van der Waals surface area contributed by atoms with Gasteiger partial charge in [-0.3, -0.25) is 14.5 Å². The van der Waals surface area contributed by atoms with Gasteiger partial charge in [0.05, 0.1) is 17.3 Å². The summed E-state index contributed by atoms with van der Waals surface area (Å²) < 4.78 is 39.2.